The Kier molecular flexibility index (Phi) is 6.64. The van der Waals surface area contributed by atoms with Crippen LogP contribution in [0.25, 0.3) is 0 Å². The van der Waals surface area contributed by atoms with Gasteiger partial charge in [-0.3, -0.25) is 9.78 Å². The van der Waals surface area contributed by atoms with Crippen LogP contribution in [0.3, 0.4) is 0 Å². The predicted molar refractivity (Wildman–Crippen MR) is 113 cm³/mol. The van der Waals surface area contributed by atoms with Gasteiger partial charge in [-0.25, -0.2) is 4.39 Å². The number of amides is 1. The van der Waals surface area contributed by atoms with Crippen molar-refractivity contribution in [2.45, 2.75) is 50.9 Å². The first-order valence-electron chi connectivity index (χ1n) is 10.7. The lowest BCUT2D eigenvalue weighted by Crippen LogP contribution is -2.55. The third-order valence-electron chi connectivity index (χ3n) is 5.57. The summed E-state index contributed by atoms with van der Waals surface area (Å²) in [6, 6.07) is 6.48. The fourth-order valence-electron chi connectivity index (χ4n) is 3.79. The lowest BCUT2D eigenvalue weighted by Gasteiger charge is -2.44. The molecular formula is C23H22F4N4O4. The first-order valence-corrected chi connectivity index (χ1v) is 10.7. The van der Waals surface area contributed by atoms with E-state index in [2.05, 4.69) is 20.4 Å². The zero-order valence-corrected chi connectivity index (χ0v) is 18.9. The summed E-state index contributed by atoms with van der Waals surface area (Å²) in [6.45, 7) is 3.07. The molecule has 1 aliphatic carbocycles. The van der Waals surface area contributed by atoms with E-state index in [4.69, 9.17) is 14.0 Å². The minimum atomic E-state index is -4.57. The molecule has 1 aliphatic rings. The molecule has 1 N–H and O–H groups in total. The lowest BCUT2D eigenvalue weighted by molar-refractivity contribution is -0.141. The molecule has 2 heterocycles. The van der Waals surface area contributed by atoms with Gasteiger partial charge in [0.15, 0.2) is 13.2 Å². The van der Waals surface area contributed by atoms with Gasteiger partial charge < -0.3 is 19.3 Å². The van der Waals surface area contributed by atoms with Crippen LogP contribution in [0.15, 0.2) is 41.1 Å². The summed E-state index contributed by atoms with van der Waals surface area (Å²) in [6.07, 6.45) is -2.48. The number of alkyl halides is 3. The summed E-state index contributed by atoms with van der Waals surface area (Å²) in [5, 5.41) is 6.69. The molecule has 12 heteroatoms. The van der Waals surface area contributed by atoms with Crippen molar-refractivity contribution < 1.29 is 36.4 Å². The van der Waals surface area contributed by atoms with Gasteiger partial charge in [-0.05, 0) is 44.4 Å². The Morgan fingerprint density at radius 3 is 2.66 bits per heavy atom. The van der Waals surface area contributed by atoms with E-state index >= 15 is 0 Å². The molecule has 0 unspecified atom stereocenters. The molecule has 0 saturated heterocycles. The summed E-state index contributed by atoms with van der Waals surface area (Å²) in [5.41, 5.74) is -1.07. The number of hydrogen-bond donors (Lipinski definition) is 1. The molecule has 1 fully saturated rings. The van der Waals surface area contributed by atoms with Crippen LogP contribution in [0.2, 0.25) is 0 Å². The average Bonchev–Trinajstić information content (AvgIpc) is 3.25. The SMILES string of the molecule is Cc1ccc(OCC(=O)NC2(C)CC(c3nc(COc4ccnc(C(F)(F)F)c4)no3)C2)cc1F. The van der Waals surface area contributed by atoms with Crippen molar-refractivity contribution in [3.8, 4) is 11.5 Å². The highest BCUT2D eigenvalue weighted by Crippen LogP contribution is 2.43. The van der Waals surface area contributed by atoms with Crippen LogP contribution in [0, 0.1) is 12.7 Å². The molecule has 0 aliphatic heterocycles. The fourth-order valence-corrected chi connectivity index (χ4v) is 3.79. The molecule has 0 spiro atoms. The van der Waals surface area contributed by atoms with Crippen molar-refractivity contribution in [3.63, 3.8) is 0 Å². The highest BCUT2D eigenvalue weighted by Gasteiger charge is 2.44. The Labute approximate surface area is 197 Å². The second-order valence-electron chi connectivity index (χ2n) is 8.63. The maximum absolute atomic E-state index is 13.6. The average molecular weight is 494 g/mol. The number of nitrogens with zero attached hydrogens (tertiary/aromatic N) is 3. The Bertz CT molecular complexity index is 1210. The number of ether oxygens (including phenoxy) is 2. The van der Waals surface area contributed by atoms with E-state index in [-0.39, 0.29) is 42.4 Å². The van der Waals surface area contributed by atoms with Crippen LogP contribution in [-0.4, -0.2) is 33.2 Å². The second-order valence-corrected chi connectivity index (χ2v) is 8.63. The van der Waals surface area contributed by atoms with Crippen LogP contribution < -0.4 is 14.8 Å². The molecule has 8 nitrogen and oxygen atoms in total. The number of halogens is 4. The van der Waals surface area contributed by atoms with Gasteiger partial charge in [0.05, 0.1) is 0 Å². The van der Waals surface area contributed by atoms with E-state index < -0.39 is 23.2 Å². The topological polar surface area (TPSA) is 99.4 Å². The maximum atomic E-state index is 13.6. The molecule has 3 aromatic rings. The van der Waals surface area contributed by atoms with Gasteiger partial charge in [0.25, 0.3) is 5.91 Å². The minimum Gasteiger partial charge on any atom is -0.485 e. The molecule has 35 heavy (non-hydrogen) atoms. The predicted octanol–water partition coefficient (Wildman–Crippen LogP) is 4.34. The van der Waals surface area contributed by atoms with E-state index in [0.29, 0.717) is 24.3 Å². The van der Waals surface area contributed by atoms with E-state index in [9.17, 15) is 22.4 Å². The monoisotopic (exact) mass is 494 g/mol. The van der Waals surface area contributed by atoms with Crippen molar-refractivity contribution in [1.82, 2.24) is 20.4 Å². The molecule has 1 aromatic carbocycles. The van der Waals surface area contributed by atoms with Crippen LogP contribution >= 0.6 is 0 Å². The van der Waals surface area contributed by atoms with Gasteiger partial charge in [0.2, 0.25) is 11.7 Å². The van der Waals surface area contributed by atoms with Crippen molar-refractivity contribution in [3.05, 3.63) is 65.3 Å². The molecule has 1 saturated carbocycles. The molecule has 2 aromatic heterocycles. The van der Waals surface area contributed by atoms with Gasteiger partial charge in [0.1, 0.15) is 23.0 Å². The number of aryl methyl sites for hydroxylation is 1. The van der Waals surface area contributed by atoms with Crippen molar-refractivity contribution >= 4 is 5.91 Å². The molecule has 0 radical (unpaired) electrons. The van der Waals surface area contributed by atoms with Crippen molar-refractivity contribution in [2.24, 2.45) is 0 Å². The number of carbonyl (C=O) groups excluding carboxylic acids is 1. The summed E-state index contributed by atoms with van der Waals surface area (Å²) < 4.78 is 67.8. The lowest BCUT2D eigenvalue weighted by atomic mass is 9.69. The van der Waals surface area contributed by atoms with E-state index in [1.54, 1.807) is 19.1 Å². The summed E-state index contributed by atoms with van der Waals surface area (Å²) >= 11 is 0. The van der Waals surface area contributed by atoms with Gasteiger partial charge in [0, 0.05) is 29.8 Å². The zero-order valence-electron chi connectivity index (χ0n) is 18.9. The smallest absolute Gasteiger partial charge is 0.433 e. The molecule has 1 amide bonds. The fraction of sp³-hybridized carbons (Fsp3) is 0.391. The van der Waals surface area contributed by atoms with Crippen molar-refractivity contribution in [2.75, 3.05) is 6.61 Å². The number of hydrogen-bond acceptors (Lipinski definition) is 7. The number of nitrogens with one attached hydrogen (secondary N) is 1. The van der Waals surface area contributed by atoms with Gasteiger partial charge in [-0.2, -0.15) is 18.2 Å². The van der Waals surface area contributed by atoms with Crippen LogP contribution in [0.4, 0.5) is 17.6 Å². The summed E-state index contributed by atoms with van der Waals surface area (Å²) in [5.74, 6) is -0.0642. The van der Waals surface area contributed by atoms with E-state index in [1.807, 2.05) is 6.92 Å². The van der Waals surface area contributed by atoms with Crippen LogP contribution in [-0.2, 0) is 17.6 Å². The maximum Gasteiger partial charge on any atom is 0.433 e. The molecule has 186 valence electrons. The van der Waals surface area contributed by atoms with Crippen LogP contribution in [0.5, 0.6) is 11.5 Å². The molecule has 0 bridgehead atoms. The van der Waals surface area contributed by atoms with Crippen molar-refractivity contribution in [1.29, 1.82) is 0 Å². The number of aromatic nitrogens is 3. The quantitative estimate of drug-likeness (QED) is 0.465. The van der Waals surface area contributed by atoms with Gasteiger partial charge >= 0.3 is 6.18 Å². The number of pyridine rings is 1. The Morgan fingerprint density at radius 2 is 1.94 bits per heavy atom. The summed E-state index contributed by atoms with van der Waals surface area (Å²) in [7, 11) is 0. The normalized spacial score (nSPS) is 19.7. The first-order chi connectivity index (χ1) is 16.5. The Morgan fingerprint density at radius 1 is 1.20 bits per heavy atom. The third kappa shape index (κ3) is 6.06. The number of rotatable bonds is 8. The summed E-state index contributed by atoms with van der Waals surface area (Å²) in [4.78, 5) is 19.8. The second kappa shape index (κ2) is 9.51. The highest BCUT2D eigenvalue weighted by atomic mass is 19.4. The zero-order chi connectivity index (χ0) is 25.2. The highest BCUT2D eigenvalue weighted by molar-refractivity contribution is 5.78. The standard InChI is InChI=1S/C23H22F4N4O4/c1-13-3-4-15(7-17(13)24)34-12-20(32)30-22(2)9-14(10-22)21-29-19(31-35-21)11-33-16-5-6-28-18(8-16)23(25,26)27/h3-8,14H,9-12H2,1-2H3,(H,30,32). The number of benzene rings is 1. The van der Waals surface area contributed by atoms with E-state index in [1.165, 1.54) is 12.1 Å². The van der Waals surface area contributed by atoms with E-state index in [0.717, 1.165) is 12.3 Å². The molecule has 4 rings (SSSR count). The molecule has 0 atom stereocenters. The molecular weight excluding hydrogens is 472 g/mol. The van der Waals surface area contributed by atoms with Gasteiger partial charge in [-0.1, -0.05) is 11.2 Å². The first kappa shape index (κ1) is 24.4. The third-order valence-corrected chi connectivity index (χ3v) is 5.57. The van der Waals surface area contributed by atoms with Gasteiger partial charge in [-0.15, -0.1) is 0 Å². The minimum absolute atomic E-state index is 0.0202. The van der Waals surface area contributed by atoms with Crippen LogP contribution in [0.1, 0.15) is 48.7 Å². The Hall–Kier alpha value is -3.70. The largest absolute Gasteiger partial charge is 0.485 e. The number of carbonyl (C=O) groups is 1. The Balaban J connectivity index is 1.24.